The Morgan fingerprint density at radius 1 is 1.23 bits per heavy atom. The van der Waals surface area contributed by atoms with Crippen molar-refractivity contribution in [1.29, 1.82) is 0 Å². The summed E-state index contributed by atoms with van der Waals surface area (Å²) in [5.74, 6) is 0.846. The number of carbonyl (C=O) groups is 1. The van der Waals surface area contributed by atoms with Gasteiger partial charge in [-0.25, -0.2) is 0 Å². The van der Waals surface area contributed by atoms with E-state index in [0.29, 0.717) is 16.0 Å². The number of carbonyl (C=O) groups excluding carboxylic acids is 1. The lowest BCUT2D eigenvalue weighted by Gasteiger charge is -2.10. The van der Waals surface area contributed by atoms with Gasteiger partial charge < -0.3 is 19.8 Å². The molecule has 0 saturated carbocycles. The molecule has 0 unspecified atom stereocenters. The van der Waals surface area contributed by atoms with Crippen LogP contribution in [-0.2, 0) is 11.2 Å². The highest BCUT2D eigenvalue weighted by Crippen LogP contribution is 2.27. The molecule has 1 amide bonds. The third kappa shape index (κ3) is 3.67. The van der Waals surface area contributed by atoms with Gasteiger partial charge in [0.15, 0.2) is 11.5 Å². The van der Waals surface area contributed by atoms with Crippen molar-refractivity contribution < 1.29 is 14.3 Å². The summed E-state index contributed by atoms with van der Waals surface area (Å²) in [6.45, 7) is 0. The molecule has 2 rings (SSSR count). The zero-order valence-corrected chi connectivity index (χ0v) is 13.7. The van der Waals surface area contributed by atoms with Crippen molar-refractivity contribution in [3.63, 3.8) is 0 Å². The Morgan fingerprint density at radius 3 is 2.64 bits per heavy atom. The number of aromatic amines is 1. The number of hydrogen-bond acceptors (Lipinski definition) is 4. The molecule has 1 aromatic heterocycles. The quantitative estimate of drug-likeness (QED) is 0.850. The van der Waals surface area contributed by atoms with Crippen molar-refractivity contribution in [3.8, 4) is 11.5 Å². The normalized spacial score (nSPS) is 10.1. The van der Waals surface area contributed by atoms with E-state index >= 15 is 0 Å². The second-order valence-electron chi connectivity index (χ2n) is 4.46. The van der Waals surface area contributed by atoms with Gasteiger partial charge in [0.25, 0.3) is 0 Å². The maximum atomic E-state index is 12.0. The number of nitrogens with one attached hydrogen (secondary N) is 2. The van der Waals surface area contributed by atoms with Crippen LogP contribution in [0.5, 0.6) is 11.5 Å². The molecule has 2 aromatic rings. The Morgan fingerprint density at radius 2 is 1.95 bits per heavy atom. The first kappa shape index (κ1) is 16.1. The van der Waals surface area contributed by atoms with Gasteiger partial charge in [-0.05, 0) is 33.6 Å². The molecule has 0 saturated heterocycles. The Balaban J connectivity index is 2.12. The summed E-state index contributed by atoms with van der Waals surface area (Å²) < 4.78 is 10.7. The van der Waals surface area contributed by atoms with Crippen molar-refractivity contribution in [2.75, 3.05) is 19.5 Å². The highest BCUT2D eigenvalue weighted by Gasteiger charge is 2.11. The Hall–Kier alpha value is -2.28. The average Bonchev–Trinajstić information content (AvgIpc) is 2.51. The molecule has 0 aliphatic carbocycles. The number of pyridine rings is 1. The lowest BCUT2D eigenvalue weighted by Crippen LogP contribution is -2.20. The zero-order valence-electron chi connectivity index (χ0n) is 12.1. The monoisotopic (exact) mass is 366 g/mol. The van der Waals surface area contributed by atoms with Crippen LogP contribution in [0.2, 0.25) is 0 Å². The molecule has 0 radical (unpaired) electrons. The van der Waals surface area contributed by atoms with Crippen molar-refractivity contribution >= 4 is 27.5 Å². The molecule has 1 heterocycles. The molecule has 0 aliphatic rings. The van der Waals surface area contributed by atoms with Gasteiger partial charge >= 0.3 is 0 Å². The standard InChI is InChI=1S/C15H15BrN2O4/c1-21-12-4-3-9(5-13(12)22-2)6-14(19)18-11-8-17-7-10(16)15(11)20/h3-5,7-8H,6H2,1-2H3,(H,17,20)(H,18,19). The first-order chi connectivity index (χ1) is 10.5. The van der Waals surface area contributed by atoms with Crippen molar-refractivity contribution in [2.45, 2.75) is 6.42 Å². The molecule has 116 valence electrons. The number of halogens is 1. The summed E-state index contributed by atoms with van der Waals surface area (Å²) in [6, 6.07) is 5.23. The van der Waals surface area contributed by atoms with E-state index in [2.05, 4.69) is 26.2 Å². The minimum absolute atomic E-state index is 0.117. The fourth-order valence-corrected chi connectivity index (χ4v) is 2.27. The van der Waals surface area contributed by atoms with E-state index in [9.17, 15) is 9.59 Å². The smallest absolute Gasteiger partial charge is 0.228 e. The van der Waals surface area contributed by atoms with Crippen LogP contribution in [0.4, 0.5) is 5.69 Å². The van der Waals surface area contributed by atoms with E-state index in [-0.39, 0.29) is 23.4 Å². The predicted octanol–water partition coefficient (Wildman–Crippen LogP) is 2.34. The topological polar surface area (TPSA) is 80.4 Å². The third-order valence-corrected chi connectivity index (χ3v) is 3.58. The van der Waals surface area contributed by atoms with E-state index in [1.54, 1.807) is 25.3 Å². The number of benzene rings is 1. The van der Waals surface area contributed by atoms with Gasteiger partial charge in [0.1, 0.15) is 5.69 Å². The summed E-state index contributed by atoms with van der Waals surface area (Å²) in [5, 5.41) is 2.58. The van der Waals surface area contributed by atoms with Crippen LogP contribution < -0.4 is 20.2 Å². The van der Waals surface area contributed by atoms with E-state index in [1.807, 2.05) is 0 Å². The van der Waals surface area contributed by atoms with Crippen LogP contribution in [0.25, 0.3) is 0 Å². The Bertz CT molecular complexity index is 743. The number of rotatable bonds is 5. The average molecular weight is 367 g/mol. The molecular weight excluding hydrogens is 352 g/mol. The van der Waals surface area contributed by atoms with Crippen LogP contribution in [0.3, 0.4) is 0 Å². The summed E-state index contributed by atoms with van der Waals surface area (Å²) in [7, 11) is 3.08. The molecule has 2 N–H and O–H groups in total. The van der Waals surface area contributed by atoms with E-state index in [4.69, 9.17) is 9.47 Å². The number of amides is 1. The minimum atomic E-state index is -0.296. The molecule has 0 fully saturated rings. The molecule has 0 atom stereocenters. The first-order valence-corrected chi connectivity index (χ1v) is 7.21. The zero-order chi connectivity index (χ0) is 16.1. The van der Waals surface area contributed by atoms with Gasteiger partial charge in [-0.3, -0.25) is 9.59 Å². The fourth-order valence-electron chi connectivity index (χ4n) is 1.92. The highest BCUT2D eigenvalue weighted by atomic mass is 79.9. The lowest BCUT2D eigenvalue weighted by molar-refractivity contribution is -0.115. The summed E-state index contributed by atoms with van der Waals surface area (Å²) in [6.07, 6.45) is 3.07. The number of methoxy groups -OCH3 is 2. The minimum Gasteiger partial charge on any atom is -0.493 e. The van der Waals surface area contributed by atoms with Gasteiger partial charge in [0.05, 0.1) is 25.1 Å². The van der Waals surface area contributed by atoms with Gasteiger partial charge in [0.2, 0.25) is 11.3 Å². The van der Waals surface area contributed by atoms with Crippen molar-refractivity contribution in [2.24, 2.45) is 0 Å². The SMILES string of the molecule is COc1ccc(CC(=O)Nc2c[nH]cc(Br)c2=O)cc1OC. The molecule has 0 spiro atoms. The largest absolute Gasteiger partial charge is 0.493 e. The number of hydrogen-bond donors (Lipinski definition) is 2. The second-order valence-corrected chi connectivity index (χ2v) is 5.31. The number of ether oxygens (including phenoxy) is 2. The maximum Gasteiger partial charge on any atom is 0.228 e. The molecular formula is C15H15BrN2O4. The molecule has 22 heavy (non-hydrogen) atoms. The number of anilines is 1. The summed E-state index contributed by atoms with van der Waals surface area (Å²) in [4.78, 5) is 26.6. The van der Waals surface area contributed by atoms with Gasteiger partial charge in [-0.15, -0.1) is 0 Å². The predicted molar refractivity (Wildman–Crippen MR) is 86.6 cm³/mol. The molecule has 7 heteroatoms. The molecule has 6 nitrogen and oxygen atoms in total. The first-order valence-electron chi connectivity index (χ1n) is 6.42. The Kier molecular flexibility index (Phi) is 5.21. The molecule has 1 aromatic carbocycles. The van der Waals surface area contributed by atoms with Gasteiger partial charge in [-0.1, -0.05) is 6.07 Å². The molecule has 0 aliphatic heterocycles. The van der Waals surface area contributed by atoms with E-state index in [0.717, 1.165) is 5.56 Å². The van der Waals surface area contributed by atoms with Crippen LogP contribution in [0.15, 0.2) is 39.9 Å². The maximum absolute atomic E-state index is 12.0. The second kappa shape index (κ2) is 7.13. The Labute approximate surface area is 135 Å². The summed E-state index contributed by atoms with van der Waals surface area (Å²) in [5.41, 5.74) is 0.667. The van der Waals surface area contributed by atoms with Crippen LogP contribution in [0.1, 0.15) is 5.56 Å². The summed E-state index contributed by atoms with van der Waals surface area (Å²) >= 11 is 3.11. The van der Waals surface area contributed by atoms with Crippen LogP contribution in [-0.4, -0.2) is 25.1 Å². The number of aromatic nitrogens is 1. The molecule has 0 bridgehead atoms. The van der Waals surface area contributed by atoms with E-state index < -0.39 is 0 Å². The lowest BCUT2D eigenvalue weighted by atomic mass is 10.1. The van der Waals surface area contributed by atoms with Crippen molar-refractivity contribution in [3.05, 3.63) is 50.9 Å². The van der Waals surface area contributed by atoms with Gasteiger partial charge in [0, 0.05) is 12.4 Å². The van der Waals surface area contributed by atoms with E-state index in [1.165, 1.54) is 19.5 Å². The highest BCUT2D eigenvalue weighted by molar-refractivity contribution is 9.10. The third-order valence-electron chi connectivity index (χ3n) is 2.99. The fraction of sp³-hybridized carbons (Fsp3) is 0.200. The van der Waals surface area contributed by atoms with Crippen LogP contribution in [0, 0.1) is 0 Å². The van der Waals surface area contributed by atoms with Crippen LogP contribution >= 0.6 is 15.9 Å². The number of H-pyrrole nitrogens is 1. The van der Waals surface area contributed by atoms with Gasteiger partial charge in [-0.2, -0.15) is 0 Å². The van der Waals surface area contributed by atoms with Crippen molar-refractivity contribution in [1.82, 2.24) is 4.98 Å².